The average Bonchev–Trinajstić information content (AvgIpc) is 2.81. The van der Waals surface area contributed by atoms with Crippen molar-refractivity contribution in [3.63, 3.8) is 0 Å². The molecule has 0 aliphatic carbocycles. The smallest absolute Gasteiger partial charge is 0.404 e. The van der Waals surface area contributed by atoms with Crippen LogP contribution in [-0.2, 0) is 28.6 Å². The molecule has 0 radical (unpaired) electrons. The van der Waals surface area contributed by atoms with Crippen LogP contribution >= 0.6 is 0 Å². The Labute approximate surface area is 218 Å². The third-order valence-electron chi connectivity index (χ3n) is 5.33. The molecule has 1 heterocycles. The van der Waals surface area contributed by atoms with Gasteiger partial charge in [-0.2, -0.15) is 0 Å². The number of cyclic esters (lactones) is 1. The normalized spacial score (nSPS) is 18.3. The fraction of sp³-hybridized carbons (Fsp3) is 0.481. The second kappa shape index (κ2) is 15.3. The Kier molecular flexibility index (Phi) is 12.9. The van der Waals surface area contributed by atoms with Crippen molar-refractivity contribution in [2.75, 3.05) is 13.7 Å². The van der Waals surface area contributed by atoms with Crippen LogP contribution in [0.3, 0.4) is 0 Å². The topological polar surface area (TPSA) is 146 Å². The van der Waals surface area contributed by atoms with Gasteiger partial charge in [-0.3, -0.25) is 9.59 Å². The molecule has 0 unspecified atom stereocenters. The summed E-state index contributed by atoms with van der Waals surface area (Å²) in [7, 11) is 1.43. The van der Waals surface area contributed by atoms with E-state index in [1.54, 1.807) is 24.3 Å². The predicted octanol–water partition coefficient (Wildman–Crippen LogP) is 3.17. The minimum atomic E-state index is -0.859. The predicted molar refractivity (Wildman–Crippen MR) is 140 cm³/mol. The first-order valence-electron chi connectivity index (χ1n) is 12.0. The van der Waals surface area contributed by atoms with Gasteiger partial charge in [-0.05, 0) is 24.6 Å². The highest BCUT2D eigenvalue weighted by Crippen LogP contribution is 2.23. The Balaban J connectivity index is 2.62. The maximum Gasteiger partial charge on any atom is 0.404 e. The van der Waals surface area contributed by atoms with Crippen LogP contribution in [0, 0.1) is 11.3 Å². The molecule has 0 bridgehead atoms. The minimum Gasteiger partial charge on any atom is -0.490 e. The van der Waals surface area contributed by atoms with Crippen LogP contribution in [0.1, 0.15) is 47.5 Å². The van der Waals surface area contributed by atoms with Crippen molar-refractivity contribution in [1.82, 2.24) is 10.6 Å². The number of amides is 3. The highest BCUT2D eigenvalue weighted by Gasteiger charge is 2.32. The van der Waals surface area contributed by atoms with Gasteiger partial charge in [0.2, 0.25) is 11.8 Å². The molecule has 37 heavy (non-hydrogen) atoms. The SMILES string of the molecule is COC1=CC[C@@H]([C@@H](C)/C=C(C)/C=C\C=C/C(=O)N[C@H](C(=O)N/C=C\CCOC(N)=O)C(C)(C)C)OC1=O. The molecule has 3 atom stereocenters. The van der Waals surface area contributed by atoms with Crippen LogP contribution in [0.15, 0.2) is 60.1 Å². The fourth-order valence-corrected chi connectivity index (χ4v) is 3.37. The van der Waals surface area contributed by atoms with Gasteiger partial charge in [0, 0.05) is 24.8 Å². The van der Waals surface area contributed by atoms with E-state index in [4.69, 9.17) is 15.2 Å². The summed E-state index contributed by atoms with van der Waals surface area (Å²) >= 11 is 0. The summed E-state index contributed by atoms with van der Waals surface area (Å²) in [5, 5.41) is 5.35. The van der Waals surface area contributed by atoms with Crippen molar-refractivity contribution >= 4 is 23.9 Å². The van der Waals surface area contributed by atoms with E-state index in [0.29, 0.717) is 12.8 Å². The number of rotatable bonds is 12. The van der Waals surface area contributed by atoms with Gasteiger partial charge in [0.1, 0.15) is 12.1 Å². The lowest BCUT2D eigenvalue weighted by Crippen LogP contribution is -2.52. The van der Waals surface area contributed by atoms with Crippen LogP contribution in [0.2, 0.25) is 0 Å². The number of allylic oxidation sites excluding steroid dienone is 4. The molecule has 204 valence electrons. The largest absolute Gasteiger partial charge is 0.490 e. The van der Waals surface area contributed by atoms with E-state index in [0.717, 1.165) is 5.57 Å². The van der Waals surface area contributed by atoms with Crippen molar-refractivity contribution in [1.29, 1.82) is 0 Å². The Morgan fingerprint density at radius 2 is 1.92 bits per heavy atom. The number of primary amides is 1. The summed E-state index contributed by atoms with van der Waals surface area (Å²) in [5.74, 6) is -1.04. The molecule has 10 heteroatoms. The zero-order valence-electron chi connectivity index (χ0n) is 22.4. The molecule has 4 N–H and O–H groups in total. The molecular weight excluding hydrogens is 478 g/mol. The molecule has 0 spiro atoms. The molecule has 3 amide bonds. The van der Waals surface area contributed by atoms with Crippen LogP contribution < -0.4 is 16.4 Å². The van der Waals surface area contributed by atoms with Crippen molar-refractivity contribution in [2.24, 2.45) is 17.1 Å². The van der Waals surface area contributed by atoms with Gasteiger partial charge in [0.25, 0.3) is 0 Å². The average molecular weight is 518 g/mol. The zero-order valence-corrected chi connectivity index (χ0v) is 22.4. The third kappa shape index (κ3) is 12.1. The van der Waals surface area contributed by atoms with E-state index in [1.807, 2.05) is 46.8 Å². The van der Waals surface area contributed by atoms with Gasteiger partial charge < -0.3 is 30.6 Å². The lowest BCUT2D eigenvalue weighted by atomic mass is 9.86. The number of nitrogens with one attached hydrogen (secondary N) is 2. The molecule has 10 nitrogen and oxygen atoms in total. The second-order valence-electron chi connectivity index (χ2n) is 9.61. The Hall–Kier alpha value is -3.82. The van der Waals surface area contributed by atoms with Crippen molar-refractivity contribution in [3.05, 3.63) is 60.1 Å². The first-order valence-corrected chi connectivity index (χ1v) is 12.0. The van der Waals surface area contributed by atoms with Gasteiger partial charge in [-0.15, -0.1) is 0 Å². The van der Waals surface area contributed by atoms with Gasteiger partial charge in [-0.1, -0.05) is 63.6 Å². The summed E-state index contributed by atoms with van der Waals surface area (Å²) in [4.78, 5) is 47.4. The van der Waals surface area contributed by atoms with Gasteiger partial charge in [-0.25, -0.2) is 9.59 Å². The fourth-order valence-electron chi connectivity index (χ4n) is 3.37. The quantitative estimate of drug-likeness (QED) is 0.156. The van der Waals surface area contributed by atoms with E-state index in [1.165, 1.54) is 19.4 Å². The number of esters is 1. The number of carbonyl (C=O) groups excluding carboxylic acids is 4. The molecule has 0 aromatic heterocycles. The number of hydrogen-bond acceptors (Lipinski definition) is 7. The van der Waals surface area contributed by atoms with Gasteiger partial charge in [0.05, 0.1) is 13.7 Å². The van der Waals surface area contributed by atoms with E-state index < -0.39 is 29.4 Å². The molecule has 1 aliphatic rings. The summed E-state index contributed by atoms with van der Waals surface area (Å²) in [6.07, 6.45) is 13.1. The number of methoxy groups -OCH3 is 1. The second-order valence-corrected chi connectivity index (χ2v) is 9.61. The number of ether oxygens (including phenoxy) is 3. The molecule has 0 aromatic rings. The maximum absolute atomic E-state index is 12.6. The highest BCUT2D eigenvalue weighted by molar-refractivity contribution is 5.93. The molecule has 0 saturated heterocycles. The standard InChI is InChI=1S/C27H39N3O7/c1-18(17-19(2)20-13-14-21(35-6)25(33)37-20)11-7-8-12-22(31)30-23(27(3,4)5)24(32)29-15-9-10-16-36-26(28)34/h7-9,11-12,14-15,17,19-20,23H,10,13,16H2,1-6H3,(H2,28,34)(H,29,32)(H,30,31)/b11-7-,12-8-,15-9-,18-17+/t19-,20-,23+/m0/s1. The number of carbonyl (C=O) groups is 4. The van der Waals surface area contributed by atoms with Crippen LogP contribution in [0.25, 0.3) is 0 Å². The summed E-state index contributed by atoms with van der Waals surface area (Å²) in [6.45, 7) is 9.51. The molecule has 0 saturated carbocycles. The first-order chi connectivity index (χ1) is 17.3. The molecular formula is C27H39N3O7. The third-order valence-corrected chi connectivity index (χ3v) is 5.33. The lowest BCUT2D eigenvalue weighted by Gasteiger charge is -2.29. The van der Waals surface area contributed by atoms with Crippen LogP contribution in [-0.4, -0.2) is 49.7 Å². The Bertz CT molecular complexity index is 971. The highest BCUT2D eigenvalue weighted by atomic mass is 16.6. The first kappa shape index (κ1) is 31.2. The van der Waals surface area contributed by atoms with Gasteiger partial charge in [0.15, 0.2) is 5.76 Å². The van der Waals surface area contributed by atoms with E-state index in [-0.39, 0.29) is 30.3 Å². The van der Waals surface area contributed by atoms with E-state index >= 15 is 0 Å². The minimum absolute atomic E-state index is 0.00804. The molecule has 1 rings (SSSR count). The molecule has 0 aromatic carbocycles. The van der Waals surface area contributed by atoms with E-state index in [9.17, 15) is 19.2 Å². The summed E-state index contributed by atoms with van der Waals surface area (Å²) < 4.78 is 15.0. The number of nitrogens with two attached hydrogens (primary N) is 1. The summed E-state index contributed by atoms with van der Waals surface area (Å²) in [5.41, 5.74) is 5.28. The van der Waals surface area contributed by atoms with E-state index in [2.05, 4.69) is 15.4 Å². The van der Waals surface area contributed by atoms with Crippen molar-refractivity contribution in [3.8, 4) is 0 Å². The number of hydrogen-bond donors (Lipinski definition) is 3. The Morgan fingerprint density at radius 3 is 2.51 bits per heavy atom. The van der Waals surface area contributed by atoms with Gasteiger partial charge >= 0.3 is 12.1 Å². The van der Waals surface area contributed by atoms with Crippen LogP contribution in [0.4, 0.5) is 4.79 Å². The summed E-state index contributed by atoms with van der Waals surface area (Å²) in [6, 6.07) is -0.784. The van der Waals surface area contributed by atoms with Crippen molar-refractivity contribution < 1.29 is 33.4 Å². The monoisotopic (exact) mass is 517 g/mol. The lowest BCUT2D eigenvalue weighted by molar-refractivity contribution is -0.151. The molecule has 1 aliphatic heterocycles. The Morgan fingerprint density at radius 1 is 1.24 bits per heavy atom. The zero-order chi connectivity index (χ0) is 28.0. The van der Waals surface area contributed by atoms with Crippen molar-refractivity contribution in [2.45, 2.75) is 59.6 Å². The maximum atomic E-state index is 12.6. The van der Waals surface area contributed by atoms with Crippen LogP contribution in [0.5, 0.6) is 0 Å². The molecule has 0 fully saturated rings.